The van der Waals surface area contributed by atoms with Crippen molar-refractivity contribution in [3.63, 3.8) is 0 Å². The minimum Gasteiger partial charge on any atom is -0.311 e. The molecule has 0 aliphatic heterocycles. The van der Waals surface area contributed by atoms with Gasteiger partial charge in [0.2, 0.25) is 0 Å². The van der Waals surface area contributed by atoms with E-state index in [1.54, 1.807) is 0 Å². The third-order valence-electron chi connectivity index (χ3n) is 3.18. The largest absolute Gasteiger partial charge is 0.311 e. The monoisotopic (exact) mass is 223 g/mol. The van der Waals surface area contributed by atoms with Crippen LogP contribution in [0.15, 0.2) is 6.07 Å². The molecule has 92 valence electrons. The zero-order chi connectivity index (χ0) is 12.0. The van der Waals surface area contributed by atoms with E-state index in [1.165, 1.54) is 18.5 Å². The molecule has 0 saturated heterocycles. The highest BCUT2D eigenvalue weighted by molar-refractivity contribution is 5.08. The van der Waals surface area contributed by atoms with Crippen molar-refractivity contribution >= 4 is 0 Å². The molecule has 0 amide bonds. The molecule has 1 aromatic rings. The second kappa shape index (κ2) is 6.69. The molecule has 0 aromatic carbocycles. The summed E-state index contributed by atoms with van der Waals surface area (Å²) in [5, 5.41) is 7.97. The van der Waals surface area contributed by atoms with Gasteiger partial charge in [0.05, 0.1) is 11.4 Å². The second-order valence-corrected chi connectivity index (χ2v) is 4.41. The number of hydrogen-bond acceptors (Lipinski definition) is 2. The molecule has 0 radical (unpaired) electrons. The zero-order valence-corrected chi connectivity index (χ0v) is 11.1. The van der Waals surface area contributed by atoms with Crippen LogP contribution in [0.5, 0.6) is 0 Å². The zero-order valence-electron chi connectivity index (χ0n) is 11.1. The molecule has 16 heavy (non-hydrogen) atoms. The fourth-order valence-electron chi connectivity index (χ4n) is 2.00. The Morgan fingerprint density at radius 1 is 1.31 bits per heavy atom. The van der Waals surface area contributed by atoms with Crippen LogP contribution in [0, 0.1) is 12.8 Å². The van der Waals surface area contributed by atoms with Crippen molar-refractivity contribution in [1.29, 1.82) is 0 Å². The van der Waals surface area contributed by atoms with Crippen molar-refractivity contribution in [2.24, 2.45) is 5.92 Å². The average Bonchev–Trinajstić information content (AvgIpc) is 2.65. The van der Waals surface area contributed by atoms with Crippen molar-refractivity contribution in [2.75, 3.05) is 6.54 Å². The molecule has 0 saturated carbocycles. The maximum Gasteiger partial charge on any atom is 0.0597 e. The Morgan fingerprint density at radius 3 is 2.56 bits per heavy atom. The SMILES string of the molecule is CCC(CC)CNCc1cc(C)nn1CC. The van der Waals surface area contributed by atoms with E-state index in [1.807, 2.05) is 0 Å². The van der Waals surface area contributed by atoms with E-state index < -0.39 is 0 Å². The molecule has 1 N–H and O–H groups in total. The first-order chi connectivity index (χ1) is 7.71. The van der Waals surface area contributed by atoms with Gasteiger partial charge >= 0.3 is 0 Å². The fourth-order valence-corrected chi connectivity index (χ4v) is 2.00. The Labute approximate surface area is 99.2 Å². The van der Waals surface area contributed by atoms with Crippen molar-refractivity contribution in [3.8, 4) is 0 Å². The van der Waals surface area contributed by atoms with Gasteiger partial charge in [0.15, 0.2) is 0 Å². The number of nitrogens with zero attached hydrogens (tertiary/aromatic N) is 2. The van der Waals surface area contributed by atoms with Crippen LogP contribution < -0.4 is 5.32 Å². The Morgan fingerprint density at radius 2 is 2.00 bits per heavy atom. The van der Waals surface area contributed by atoms with Crippen LogP contribution in [-0.2, 0) is 13.1 Å². The highest BCUT2D eigenvalue weighted by Gasteiger charge is 2.05. The first kappa shape index (κ1) is 13.2. The van der Waals surface area contributed by atoms with Crippen molar-refractivity contribution in [1.82, 2.24) is 15.1 Å². The maximum absolute atomic E-state index is 4.44. The van der Waals surface area contributed by atoms with Gasteiger partial charge in [0.25, 0.3) is 0 Å². The lowest BCUT2D eigenvalue weighted by atomic mass is 10.0. The predicted molar refractivity (Wildman–Crippen MR) is 68.4 cm³/mol. The summed E-state index contributed by atoms with van der Waals surface area (Å²) in [6.45, 7) is 11.7. The molecular weight excluding hydrogens is 198 g/mol. The number of rotatable bonds is 7. The predicted octanol–water partition coefficient (Wildman–Crippen LogP) is 2.74. The first-order valence-corrected chi connectivity index (χ1v) is 6.45. The van der Waals surface area contributed by atoms with E-state index in [2.05, 4.69) is 48.9 Å². The molecule has 3 nitrogen and oxygen atoms in total. The summed E-state index contributed by atoms with van der Waals surface area (Å²) in [4.78, 5) is 0. The number of aryl methyl sites for hydroxylation is 2. The van der Waals surface area contributed by atoms with Gasteiger partial charge in [-0.1, -0.05) is 26.7 Å². The van der Waals surface area contributed by atoms with Gasteiger partial charge < -0.3 is 5.32 Å². The Kier molecular flexibility index (Phi) is 5.53. The Balaban J connectivity index is 2.41. The summed E-state index contributed by atoms with van der Waals surface area (Å²) in [7, 11) is 0. The Hall–Kier alpha value is -0.830. The summed E-state index contributed by atoms with van der Waals surface area (Å²) in [5.41, 5.74) is 2.41. The van der Waals surface area contributed by atoms with Crippen LogP contribution >= 0.6 is 0 Å². The van der Waals surface area contributed by atoms with Crippen molar-refractivity contribution in [3.05, 3.63) is 17.5 Å². The number of nitrogens with one attached hydrogen (secondary N) is 1. The first-order valence-electron chi connectivity index (χ1n) is 6.45. The lowest BCUT2D eigenvalue weighted by molar-refractivity contribution is 0.442. The highest BCUT2D eigenvalue weighted by atomic mass is 15.3. The molecule has 0 bridgehead atoms. The molecule has 1 heterocycles. The molecule has 0 atom stereocenters. The minimum atomic E-state index is 0.805. The van der Waals surface area contributed by atoms with Crippen LogP contribution in [-0.4, -0.2) is 16.3 Å². The maximum atomic E-state index is 4.44. The third-order valence-corrected chi connectivity index (χ3v) is 3.18. The van der Waals surface area contributed by atoms with Gasteiger partial charge in [0.1, 0.15) is 0 Å². The summed E-state index contributed by atoms with van der Waals surface area (Å²) in [6, 6.07) is 2.17. The lowest BCUT2D eigenvalue weighted by Crippen LogP contribution is -2.23. The average molecular weight is 223 g/mol. The molecule has 1 rings (SSSR count). The van der Waals surface area contributed by atoms with Crippen molar-refractivity contribution in [2.45, 2.75) is 53.6 Å². The molecule has 3 heteroatoms. The minimum absolute atomic E-state index is 0.805. The second-order valence-electron chi connectivity index (χ2n) is 4.41. The van der Waals surface area contributed by atoms with E-state index in [9.17, 15) is 0 Å². The van der Waals surface area contributed by atoms with E-state index in [0.717, 1.165) is 31.2 Å². The molecule has 0 unspecified atom stereocenters. The smallest absolute Gasteiger partial charge is 0.0597 e. The van der Waals surface area contributed by atoms with Gasteiger partial charge in [-0.25, -0.2) is 0 Å². The van der Waals surface area contributed by atoms with Gasteiger partial charge in [-0.3, -0.25) is 4.68 Å². The lowest BCUT2D eigenvalue weighted by Gasteiger charge is -2.13. The highest BCUT2D eigenvalue weighted by Crippen LogP contribution is 2.07. The molecule has 0 aliphatic carbocycles. The van der Waals surface area contributed by atoms with Crippen LogP contribution in [0.2, 0.25) is 0 Å². The molecule has 0 fully saturated rings. The summed E-state index contributed by atoms with van der Waals surface area (Å²) in [6.07, 6.45) is 2.52. The van der Waals surface area contributed by atoms with Crippen LogP contribution in [0.25, 0.3) is 0 Å². The summed E-state index contributed by atoms with van der Waals surface area (Å²) < 4.78 is 2.08. The number of hydrogen-bond donors (Lipinski definition) is 1. The summed E-state index contributed by atoms with van der Waals surface area (Å²) in [5.74, 6) is 0.805. The van der Waals surface area contributed by atoms with Gasteiger partial charge in [-0.2, -0.15) is 5.10 Å². The third kappa shape index (κ3) is 3.63. The van der Waals surface area contributed by atoms with E-state index in [0.29, 0.717) is 0 Å². The molecule has 0 spiro atoms. The summed E-state index contributed by atoms with van der Waals surface area (Å²) >= 11 is 0. The van der Waals surface area contributed by atoms with E-state index in [-0.39, 0.29) is 0 Å². The van der Waals surface area contributed by atoms with Crippen LogP contribution in [0.4, 0.5) is 0 Å². The van der Waals surface area contributed by atoms with Gasteiger partial charge in [-0.05, 0) is 32.4 Å². The molecule has 1 aromatic heterocycles. The molecule has 0 aliphatic rings. The van der Waals surface area contributed by atoms with Crippen molar-refractivity contribution < 1.29 is 0 Å². The quantitative estimate of drug-likeness (QED) is 0.770. The topological polar surface area (TPSA) is 29.9 Å². The van der Waals surface area contributed by atoms with Gasteiger partial charge in [-0.15, -0.1) is 0 Å². The standard InChI is InChI=1S/C13H25N3/c1-5-12(6-2)9-14-10-13-8-11(4)15-16(13)7-3/h8,12,14H,5-7,9-10H2,1-4H3. The molecular formula is C13H25N3. The van der Waals surface area contributed by atoms with Gasteiger partial charge in [0, 0.05) is 13.1 Å². The van der Waals surface area contributed by atoms with E-state index >= 15 is 0 Å². The Bertz CT molecular complexity index is 300. The normalized spacial score (nSPS) is 11.3. The van der Waals surface area contributed by atoms with E-state index in [4.69, 9.17) is 0 Å². The number of aromatic nitrogens is 2. The van der Waals surface area contributed by atoms with Crippen LogP contribution in [0.3, 0.4) is 0 Å². The fraction of sp³-hybridized carbons (Fsp3) is 0.769. The van der Waals surface area contributed by atoms with Crippen LogP contribution in [0.1, 0.15) is 45.0 Å².